The molecule has 102 valence electrons. The lowest BCUT2D eigenvalue weighted by molar-refractivity contribution is 0.0692. The zero-order chi connectivity index (χ0) is 13.9. The summed E-state index contributed by atoms with van der Waals surface area (Å²) in [6.45, 7) is 3.76. The van der Waals surface area contributed by atoms with E-state index in [2.05, 4.69) is 10.2 Å². The molecule has 1 aromatic rings. The van der Waals surface area contributed by atoms with Gasteiger partial charge in [-0.1, -0.05) is 13.8 Å². The van der Waals surface area contributed by atoms with Gasteiger partial charge >= 0.3 is 5.97 Å². The summed E-state index contributed by atoms with van der Waals surface area (Å²) >= 11 is 0. The zero-order valence-electron chi connectivity index (χ0n) is 10.5. The number of hydrogen-bond donors (Lipinski definition) is 2. The monoisotopic (exact) mass is 275 g/mol. The second kappa shape index (κ2) is 5.49. The van der Waals surface area contributed by atoms with E-state index in [-0.39, 0.29) is 16.6 Å². The lowest BCUT2D eigenvalue weighted by Gasteiger charge is -2.24. The summed E-state index contributed by atoms with van der Waals surface area (Å²) in [5, 5.41) is 14.3. The number of nitrogens with one attached hydrogen (secondary N) is 1. The summed E-state index contributed by atoms with van der Waals surface area (Å²) in [7, 11) is -2.42. The fourth-order valence-electron chi connectivity index (χ4n) is 1.77. The molecular weight excluding hydrogens is 258 g/mol. The highest BCUT2D eigenvalue weighted by Crippen LogP contribution is 2.20. The van der Waals surface area contributed by atoms with Gasteiger partial charge in [0.1, 0.15) is 5.56 Å². The number of hydrogen-bond acceptors (Lipinski definition) is 4. The number of aromatic amines is 1. The Morgan fingerprint density at radius 2 is 2.06 bits per heavy atom. The molecule has 0 aliphatic rings. The fraction of sp³-hybridized carbons (Fsp3) is 0.600. The predicted molar refractivity (Wildman–Crippen MR) is 64.9 cm³/mol. The van der Waals surface area contributed by atoms with Crippen LogP contribution in [0.1, 0.15) is 37.0 Å². The summed E-state index contributed by atoms with van der Waals surface area (Å²) in [5.41, 5.74) is -0.340. The molecule has 1 heterocycles. The number of sulfonamides is 1. The van der Waals surface area contributed by atoms with Crippen LogP contribution >= 0.6 is 0 Å². The molecule has 8 heteroatoms. The molecule has 0 bridgehead atoms. The van der Waals surface area contributed by atoms with E-state index in [0.717, 1.165) is 6.20 Å². The van der Waals surface area contributed by atoms with Gasteiger partial charge in [-0.3, -0.25) is 5.10 Å². The molecule has 0 atom stereocenters. The van der Waals surface area contributed by atoms with Crippen LogP contribution in [0.15, 0.2) is 11.2 Å². The third-order valence-electron chi connectivity index (χ3n) is 2.93. The van der Waals surface area contributed by atoms with Crippen molar-refractivity contribution in [3.63, 3.8) is 0 Å². The summed E-state index contributed by atoms with van der Waals surface area (Å²) in [6, 6.07) is -0.167. The maximum atomic E-state index is 12.3. The van der Waals surface area contributed by atoms with Gasteiger partial charge in [0.25, 0.3) is 10.0 Å². The molecule has 18 heavy (non-hydrogen) atoms. The fourth-order valence-corrected chi connectivity index (χ4v) is 3.33. The molecule has 2 N–H and O–H groups in total. The minimum absolute atomic E-state index is 0.167. The number of aromatic carboxylic acids is 1. The highest BCUT2D eigenvalue weighted by atomic mass is 32.2. The van der Waals surface area contributed by atoms with Gasteiger partial charge < -0.3 is 5.11 Å². The van der Waals surface area contributed by atoms with Crippen molar-refractivity contribution < 1.29 is 18.3 Å². The van der Waals surface area contributed by atoms with Crippen LogP contribution < -0.4 is 0 Å². The Morgan fingerprint density at radius 3 is 2.50 bits per heavy atom. The highest BCUT2D eigenvalue weighted by Gasteiger charge is 2.31. The molecule has 0 unspecified atom stereocenters. The van der Waals surface area contributed by atoms with E-state index >= 15 is 0 Å². The Kier molecular flexibility index (Phi) is 4.47. The van der Waals surface area contributed by atoms with E-state index in [1.807, 2.05) is 13.8 Å². The lowest BCUT2D eigenvalue weighted by atomic mass is 10.2. The number of H-pyrrole nitrogens is 1. The Balaban J connectivity index is 3.21. The summed E-state index contributed by atoms with van der Waals surface area (Å²) < 4.78 is 25.7. The SMILES string of the molecule is CCC(CC)N(C)S(=O)(=O)c1[nH]ncc1C(=O)O. The number of rotatable bonds is 6. The van der Waals surface area contributed by atoms with Gasteiger partial charge in [0, 0.05) is 13.1 Å². The van der Waals surface area contributed by atoms with E-state index < -0.39 is 16.0 Å². The molecule has 1 aromatic heterocycles. The van der Waals surface area contributed by atoms with Crippen molar-refractivity contribution in [2.24, 2.45) is 0 Å². The molecule has 0 fully saturated rings. The van der Waals surface area contributed by atoms with Gasteiger partial charge in [-0.25, -0.2) is 13.2 Å². The first-order valence-electron chi connectivity index (χ1n) is 5.60. The molecule has 0 saturated carbocycles. The Labute approximate surface area is 106 Å². The molecule has 0 aliphatic carbocycles. The second-order valence-electron chi connectivity index (χ2n) is 3.91. The Bertz CT molecular complexity index is 519. The zero-order valence-corrected chi connectivity index (χ0v) is 11.4. The van der Waals surface area contributed by atoms with Crippen molar-refractivity contribution >= 4 is 16.0 Å². The molecular formula is C10H17N3O4S. The molecule has 0 radical (unpaired) electrons. The maximum absolute atomic E-state index is 12.3. The van der Waals surface area contributed by atoms with Crippen molar-refractivity contribution in [3.05, 3.63) is 11.8 Å². The standard InChI is InChI=1S/C10H17N3O4S/c1-4-7(5-2)13(3)18(16,17)9-8(10(14)15)6-11-12-9/h6-7H,4-5H2,1-3H3,(H,11,12)(H,14,15). The quantitative estimate of drug-likeness (QED) is 0.803. The van der Waals surface area contributed by atoms with Crippen LogP contribution in [-0.4, -0.2) is 47.1 Å². The minimum atomic E-state index is -3.86. The third-order valence-corrected chi connectivity index (χ3v) is 4.81. The maximum Gasteiger partial charge on any atom is 0.340 e. The molecule has 7 nitrogen and oxygen atoms in total. The van der Waals surface area contributed by atoms with Gasteiger partial charge in [0.2, 0.25) is 0 Å². The molecule has 0 saturated heterocycles. The van der Waals surface area contributed by atoms with Gasteiger partial charge in [-0.05, 0) is 12.8 Å². The number of nitrogens with zero attached hydrogens (tertiary/aromatic N) is 2. The predicted octanol–water partition coefficient (Wildman–Crippen LogP) is 0.917. The van der Waals surface area contributed by atoms with Crippen molar-refractivity contribution in [2.75, 3.05) is 7.05 Å². The van der Waals surface area contributed by atoms with Crippen molar-refractivity contribution in [1.29, 1.82) is 0 Å². The van der Waals surface area contributed by atoms with Crippen LogP contribution in [0.25, 0.3) is 0 Å². The number of carboxylic acid groups (broad SMARTS) is 1. The smallest absolute Gasteiger partial charge is 0.340 e. The Morgan fingerprint density at radius 1 is 1.50 bits per heavy atom. The average molecular weight is 275 g/mol. The van der Waals surface area contributed by atoms with Gasteiger partial charge in [-0.2, -0.15) is 9.40 Å². The van der Waals surface area contributed by atoms with E-state index in [1.54, 1.807) is 0 Å². The van der Waals surface area contributed by atoms with Crippen LogP contribution in [0.5, 0.6) is 0 Å². The largest absolute Gasteiger partial charge is 0.478 e. The van der Waals surface area contributed by atoms with E-state index in [1.165, 1.54) is 11.4 Å². The molecule has 0 aliphatic heterocycles. The summed E-state index contributed by atoms with van der Waals surface area (Å²) in [5.74, 6) is -1.32. The van der Waals surface area contributed by atoms with Crippen LogP contribution in [0.4, 0.5) is 0 Å². The number of aromatic nitrogens is 2. The molecule has 1 rings (SSSR count). The van der Waals surface area contributed by atoms with Crippen LogP contribution in [-0.2, 0) is 10.0 Å². The highest BCUT2D eigenvalue weighted by molar-refractivity contribution is 7.89. The Hall–Kier alpha value is -1.41. The van der Waals surface area contributed by atoms with Crippen LogP contribution in [0.2, 0.25) is 0 Å². The summed E-state index contributed by atoms with van der Waals surface area (Å²) in [6.07, 6.45) is 2.31. The number of carbonyl (C=O) groups is 1. The van der Waals surface area contributed by atoms with E-state index in [0.29, 0.717) is 12.8 Å². The van der Waals surface area contributed by atoms with Gasteiger partial charge in [0.15, 0.2) is 5.03 Å². The first-order valence-corrected chi connectivity index (χ1v) is 7.04. The number of carboxylic acids is 1. The van der Waals surface area contributed by atoms with Crippen molar-refractivity contribution in [2.45, 2.75) is 37.8 Å². The topological polar surface area (TPSA) is 103 Å². The van der Waals surface area contributed by atoms with Gasteiger partial charge in [0.05, 0.1) is 6.20 Å². The molecule has 0 spiro atoms. The first-order chi connectivity index (χ1) is 8.36. The summed E-state index contributed by atoms with van der Waals surface area (Å²) in [4.78, 5) is 10.9. The second-order valence-corrected chi connectivity index (χ2v) is 5.84. The van der Waals surface area contributed by atoms with E-state index in [4.69, 9.17) is 5.11 Å². The van der Waals surface area contributed by atoms with Crippen LogP contribution in [0.3, 0.4) is 0 Å². The normalized spacial score (nSPS) is 12.3. The molecule has 0 aromatic carbocycles. The first kappa shape index (κ1) is 14.7. The van der Waals surface area contributed by atoms with Crippen molar-refractivity contribution in [1.82, 2.24) is 14.5 Å². The lowest BCUT2D eigenvalue weighted by Crippen LogP contribution is -2.37. The van der Waals surface area contributed by atoms with Crippen molar-refractivity contribution in [3.8, 4) is 0 Å². The molecule has 0 amide bonds. The van der Waals surface area contributed by atoms with Crippen LogP contribution in [0, 0.1) is 0 Å². The minimum Gasteiger partial charge on any atom is -0.478 e. The van der Waals surface area contributed by atoms with Gasteiger partial charge in [-0.15, -0.1) is 0 Å². The van der Waals surface area contributed by atoms with E-state index in [9.17, 15) is 13.2 Å². The average Bonchev–Trinajstić information content (AvgIpc) is 2.80. The third kappa shape index (κ3) is 2.54.